The standard InChI is InChI=1S/C22H34N4O3/c1-23-21(27)18-6-3-5-17(15-18)8-11-25-22(24-2)26-12-9-19(10-13-26)29-16-20-7-4-14-28-20/h3,5-6,15,19-20H,4,7-14,16H2,1-2H3,(H,23,27)(H,24,25). The third kappa shape index (κ3) is 6.44. The first-order valence-electron chi connectivity index (χ1n) is 10.7. The summed E-state index contributed by atoms with van der Waals surface area (Å²) in [5.41, 5.74) is 1.83. The Hall–Kier alpha value is -2.12. The van der Waals surface area contributed by atoms with Crippen molar-refractivity contribution in [3.05, 3.63) is 35.4 Å². The van der Waals surface area contributed by atoms with E-state index in [1.807, 2.05) is 31.3 Å². The van der Waals surface area contributed by atoms with Gasteiger partial charge in [-0.25, -0.2) is 0 Å². The van der Waals surface area contributed by atoms with Crippen molar-refractivity contribution >= 4 is 11.9 Å². The van der Waals surface area contributed by atoms with E-state index in [0.29, 0.717) is 17.8 Å². The summed E-state index contributed by atoms with van der Waals surface area (Å²) in [6, 6.07) is 7.75. The van der Waals surface area contributed by atoms with Crippen molar-refractivity contribution in [2.75, 3.05) is 46.9 Å². The molecule has 7 heteroatoms. The van der Waals surface area contributed by atoms with E-state index in [2.05, 4.69) is 20.5 Å². The summed E-state index contributed by atoms with van der Waals surface area (Å²) < 4.78 is 11.7. The largest absolute Gasteiger partial charge is 0.376 e. The van der Waals surface area contributed by atoms with Crippen LogP contribution in [0.5, 0.6) is 0 Å². The molecule has 29 heavy (non-hydrogen) atoms. The van der Waals surface area contributed by atoms with Crippen LogP contribution >= 0.6 is 0 Å². The minimum Gasteiger partial charge on any atom is -0.376 e. The van der Waals surface area contributed by atoms with E-state index in [1.165, 1.54) is 0 Å². The van der Waals surface area contributed by atoms with Gasteiger partial charge in [0.2, 0.25) is 0 Å². The molecule has 0 bridgehead atoms. The van der Waals surface area contributed by atoms with Crippen LogP contribution in [0.2, 0.25) is 0 Å². The molecular formula is C22H34N4O3. The molecule has 0 spiro atoms. The Kier molecular flexibility index (Phi) is 8.31. The van der Waals surface area contributed by atoms with Crippen LogP contribution in [0.25, 0.3) is 0 Å². The van der Waals surface area contributed by atoms with E-state index in [4.69, 9.17) is 9.47 Å². The number of amides is 1. The van der Waals surface area contributed by atoms with Gasteiger partial charge >= 0.3 is 0 Å². The van der Waals surface area contributed by atoms with E-state index in [0.717, 1.165) is 76.5 Å². The molecule has 1 aromatic rings. The molecule has 1 aromatic carbocycles. The quantitative estimate of drug-likeness (QED) is 0.538. The summed E-state index contributed by atoms with van der Waals surface area (Å²) >= 11 is 0. The Morgan fingerprint density at radius 3 is 2.83 bits per heavy atom. The maximum atomic E-state index is 11.8. The fraction of sp³-hybridized carbons (Fsp3) is 0.636. The number of carbonyl (C=O) groups is 1. The van der Waals surface area contributed by atoms with Crippen molar-refractivity contribution in [1.82, 2.24) is 15.5 Å². The molecule has 0 aliphatic carbocycles. The van der Waals surface area contributed by atoms with Crippen LogP contribution in [0.4, 0.5) is 0 Å². The van der Waals surface area contributed by atoms with Crippen LogP contribution in [0.3, 0.4) is 0 Å². The van der Waals surface area contributed by atoms with Crippen LogP contribution in [0.1, 0.15) is 41.6 Å². The van der Waals surface area contributed by atoms with Gasteiger partial charge in [-0.15, -0.1) is 0 Å². The number of benzene rings is 1. The number of carbonyl (C=O) groups excluding carboxylic acids is 1. The molecule has 2 aliphatic rings. The van der Waals surface area contributed by atoms with Gasteiger partial charge in [-0.05, 0) is 49.8 Å². The molecule has 7 nitrogen and oxygen atoms in total. The molecule has 2 aliphatic heterocycles. The van der Waals surface area contributed by atoms with Crippen molar-refractivity contribution in [3.63, 3.8) is 0 Å². The molecular weight excluding hydrogens is 368 g/mol. The number of likely N-dealkylation sites (tertiary alicyclic amines) is 1. The van der Waals surface area contributed by atoms with Gasteiger partial charge in [-0.1, -0.05) is 12.1 Å². The summed E-state index contributed by atoms with van der Waals surface area (Å²) in [4.78, 5) is 18.5. The number of hydrogen-bond donors (Lipinski definition) is 2. The Morgan fingerprint density at radius 2 is 2.14 bits per heavy atom. The topological polar surface area (TPSA) is 75.2 Å². The van der Waals surface area contributed by atoms with Gasteiger partial charge in [0.05, 0.1) is 18.8 Å². The zero-order chi connectivity index (χ0) is 20.5. The molecule has 3 rings (SSSR count). The summed E-state index contributed by atoms with van der Waals surface area (Å²) in [6.45, 7) is 4.28. The Morgan fingerprint density at radius 1 is 1.31 bits per heavy atom. The van der Waals surface area contributed by atoms with Gasteiger partial charge in [0.25, 0.3) is 5.91 Å². The fourth-order valence-corrected chi connectivity index (χ4v) is 3.92. The second-order valence-electron chi connectivity index (χ2n) is 7.66. The lowest BCUT2D eigenvalue weighted by atomic mass is 10.1. The van der Waals surface area contributed by atoms with Crippen molar-refractivity contribution in [1.29, 1.82) is 0 Å². The molecule has 0 radical (unpaired) electrons. The lowest BCUT2D eigenvalue weighted by Crippen LogP contribution is -2.47. The minimum absolute atomic E-state index is 0.0554. The molecule has 2 fully saturated rings. The lowest BCUT2D eigenvalue weighted by Gasteiger charge is -2.34. The predicted octanol–water partition coefficient (Wildman–Crippen LogP) is 1.82. The molecule has 1 amide bonds. The molecule has 0 saturated carbocycles. The minimum atomic E-state index is -0.0554. The van der Waals surface area contributed by atoms with E-state index in [1.54, 1.807) is 7.05 Å². The fourth-order valence-electron chi connectivity index (χ4n) is 3.92. The van der Waals surface area contributed by atoms with Gasteiger partial charge in [-0.3, -0.25) is 9.79 Å². The maximum Gasteiger partial charge on any atom is 0.251 e. The number of ether oxygens (including phenoxy) is 2. The molecule has 1 unspecified atom stereocenters. The van der Waals surface area contributed by atoms with E-state index in [9.17, 15) is 4.79 Å². The van der Waals surface area contributed by atoms with Crippen LogP contribution < -0.4 is 10.6 Å². The van der Waals surface area contributed by atoms with Crippen molar-refractivity contribution < 1.29 is 14.3 Å². The van der Waals surface area contributed by atoms with Gasteiger partial charge < -0.3 is 25.0 Å². The van der Waals surface area contributed by atoms with Gasteiger partial charge in [-0.2, -0.15) is 0 Å². The summed E-state index contributed by atoms with van der Waals surface area (Å²) in [6.07, 6.45) is 5.77. The van der Waals surface area contributed by atoms with Gasteiger partial charge in [0.15, 0.2) is 5.96 Å². The summed E-state index contributed by atoms with van der Waals surface area (Å²) in [7, 11) is 3.48. The Bertz CT molecular complexity index is 680. The Balaban J connectivity index is 1.39. The van der Waals surface area contributed by atoms with Crippen LogP contribution in [-0.4, -0.2) is 75.9 Å². The highest BCUT2D eigenvalue weighted by Gasteiger charge is 2.24. The summed E-state index contributed by atoms with van der Waals surface area (Å²) in [5.74, 6) is 0.880. The molecule has 2 N–H and O–H groups in total. The predicted molar refractivity (Wildman–Crippen MR) is 114 cm³/mol. The zero-order valence-corrected chi connectivity index (χ0v) is 17.7. The SMILES string of the molecule is CN=C(NCCc1cccc(C(=O)NC)c1)N1CCC(OCC2CCCO2)CC1. The highest BCUT2D eigenvalue weighted by molar-refractivity contribution is 5.94. The average Bonchev–Trinajstić information content (AvgIpc) is 3.29. The van der Waals surface area contributed by atoms with E-state index >= 15 is 0 Å². The first kappa shape index (κ1) is 21.6. The molecule has 0 aromatic heterocycles. The van der Waals surface area contributed by atoms with Gasteiger partial charge in [0, 0.05) is 45.9 Å². The first-order chi connectivity index (χ1) is 14.2. The smallest absolute Gasteiger partial charge is 0.251 e. The van der Waals surface area contributed by atoms with Crippen molar-refractivity contribution in [2.45, 2.75) is 44.3 Å². The monoisotopic (exact) mass is 402 g/mol. The van der Waals surface area contributed by atoms with Gasteiger partial charge in [0.1, 0.15) is 0 Å². The summed E-state index contributed by atoms with van der Waals surface area (Å²) in [5, 5.41) is 6.12. The number of nitrogens with zero attached hydrogens (tertiary/aromatic N) is 2. The first-order valence-corrected chi connectivity index (χ1v) is 10.7. The molecule has 2 heterocycles. The molecule has 2 saturated heterocycles. The van der Waals surface area contributed by atoms with E-state index < -0.39 is 0 Å². The maximum absolute atomic E-state index is 11.8. The second-order valence-corrected chi connectivity index (χ2v) is 7.66. The zero-order valence-electron chi connectivity index (χ0n) is 17.7. The number of piperidine rings is 1. The Labute approximate surface area is 173 Å². The average molecular weight is 403 g/mol. The number of rotatable bonds is 7. The number of aliphatic imine (C=N–C) groups is 1. The third-order valence-electron chi connectivity index (χ3n) is 5.61. The van der Waals surface area contributed by atoms with Crippen molar-refractivity contribution in [2.24, 2.45) is 4.99 Å². The number of hydrogen-bond acceptors (Lipinski definition) is 4. The van der Waals surface area contributed by atoms with Crippen molar-refractivity contribution in [3.8, 4) is 0 Å². The number of nitrogens with one attached hydrogen (secondary N) is 2. The van der Waals surface area contributed by atoms with E-state index in [-0.39, 0.29) is 5.91 Å². The third-order valence-corrected chi connectivity index (χ3v) is 5.61. The second kappa shape index (κ2) is 11.2. The normalized spacial score (nSPS) is 20.7. The number of guanidine groups is 1. The highest BCUT2D eigenvalue weighted by atomic mass is 16.5. The van der Waals surface area contributed by atoms with Crippen LogP contribution in [0.15, 0.2) is 29.3 Å². The lowest BCUT2D eigenvalue weighted by molar-refractivity contribution is -0.0367. The highest BCUT2D eigenvalue weighted by Crippen LogP contribution is 2.17. The molecule has 160 valence electrons. The van der Waals surface area contributed by atoms with Crippen LogP contribution in [-0.2, 0) is 15.9 Å². The van der Waals surface area contributed by atoms with Crippen LogP contribution in [0, 0.1) is 0 Å². The molecule has 1 atom stereocenters.